The highest BCUT2D eigenvalue weighted by atomic mass is 35.5. The van der Waals surface area contributed by atoms with Gasteiger partial charge in [0.05, 0.1) is 15.6 Å². The van der Waals surface area contributed by atoms with Crippen molar-refractivity contribution in [1.29, 1.82) is 0 Å². The van der Waals surface area contributed by atoms with Gasteiger partial charge in [-0.15, -0.1) is 0 Å². The Morgan fingerprint density at radius 2 is 1.80 bits per heavy atom. The molecule has 1 aromatic heterocycles. The molecule has 0 N–H and O–H groups in total. The van der Waals surface area contributed by atoms with E-state index < -0.39 is 0 Å². The van der Waals surface area contributed by atoms with Crippen molar-refractivity contribution < 1.29 is 4.79 Å². The third-order valence-electron chi connectivity index (χ3n) is 3.28. The van der Waals surface area contributed by atoms with E-state index in [4.69, 9.17) is 23.2 Å². The average Bonchev–Trinajstić information content (AvgIpc) is 2.82. The lowest BCUT2D eigenvalue weighted by atomic mass is 10.2. The zero-order valence-corrected chi connectivity index (χ0v) is 12.0. The summed E-state index contributed by atoms with van der Waals surface area (Å²) in [4.78, 5) is 11.2. The molecule has 4 heteroatoms. The molecule has 3 rings (SSSR count). The van der Waals surface area contributed by atoms with Gasteiger partial charge in [0.15, 0.2) is 6.29 Å². The molecule has 0 aliphatic rings. The topological polar surface area (TPSA) is 22.0 Å². The van der Waals surface area contributed by atoms with Gasteiger partial charge in [-0.1, -0.05) is 59.6 Å². The second kappa shape index (κ2) is 5.31. The zero-order valence-electron chi connectivity index (χ0n) is 10.5. The first-order chi connectivity index (χ1) is 9.70. The van der Waals surface area contributed by atoms with Crippen LogP contribution >= 0.6 is 23.2 Å². The van der Waals surface area contributed by atoms with Gasteiger partial charge in [0, 0.05) is 23.7 Å². The molecule has 0 aliphatic carbocycles. The monoisotopic (exact) mass is 303 g/mol. The highest BCUT2D eigenvalue weighted by Gasteiger charge is 2.13. The van der Waals surface area contributed by atoms with E-state index >= 15 is 0 Å². The number of carbonyl (C=O) groups is 1. The number of hydrogen-bond donors (Lipinski definition) is 0. The predicted molar refractivity (Wildman–Crippen MR) is 82.9 cm³/mol. The van der Waals surface area contributed by atoms with E-state index in [1.807, 2.05) is 47.2 Å². The highest BCUT2D eigenvalue weighted by molar-refractivity contribution is 6.45. The van der Waals surface area contributed by atoms with Crippen LogP contribution in [0, 0.1) is 0 Å². The van der Waals surface area contributed by atoms with Crippen LogP contribution in [0.25, 0.3) is 10.9 Å². The summed E-state index contributed by atoms with van der Waals surface area (Å²) in [5.41, 5.74) is 2.55. The van der Waals surface area contributed by atoms with E-state index in [0.29, 0.717) is 22.2 Å². The molecule has 0 bridgehead atoms. The minimum atomic E-state index is 0.480. The van der Waals surface area contributed by atoms with Crippen LogP contribution in [0.1, 0.15) is 15.9 Å². The maximum Gasteiger partial charge on any atom is 0.152 e. The molecule has 100 valence electrons. The maximum atomic E-state index is 11.2. The van der Waals surface area contributed by atoms with E-state index in [0.717, 1.165) is 22.8 Å². The fourth-order valence-electron chi connectivity index (χ4n) is 2.35. The molecule has 0 atom stereocenters. The van der Waals surface area contributed by atoms with E-state index in [1.165, 1.54) is 0 Å². The summed E-state index contributed by atoms with van der Waals surface area (Å²) in [5.74, 6) is 0. The highest BCUT2D eigenvalue weighted by Crippen LogP contribution is 2.33. The lowest BCUT2D eigenvalue weighted by Crippen LogP contribution is -1.98. The van der Waals surface area contributed by atoms with Crippen molar-refractivity contribution in [3.8, 4) is 0 Å². The molecule has 2 nitrogen and oxygen atoms in total. The van der Waals surface area contributed by atoms with Gasteiger partial charge >= 0.3 is 0 Å². The molecule has 2 aromatic carbocycles. The summed E-state index contributed by atoms with van der Waals surface area (Å²) in [6.07, 6.45) is 2.65. The van der Waals surface area contributed by atoms with Crippen molar-refractivity contribution in [3.05, 3.63) is 69.8 Å². The summed E-state index contributed by atoms with van der Waals surface area (Å²) in [6, 6.07) is 13.5. The Labute approximate surface area is 126 Å². The van der Waals surface area contributed by atoms with Crippen LogP contribution in [0.15, 0.2) is 48.7 Å². The van der Waals surface area contributed by atoms with Gasteiger partial charge in [-0.2, -0.15) is 0 Å². The van der Waals surface area contributed by atoms with Crippen molar-refractivity contribution in [3.63, 3.8) is 0 Å². The number of halogens is 2. The Morgan fingerprint density at radius 1 is 1.05 bits per heavy atom. The minimum absolute atomic E-state index is 0.480. The van der Waals surface area contributed by atoms with Crippen LogP contribution in [0.3, 0.4) is 0 Å². The van der Waals surface area contributed by atoms with Gasteiger partial charge in [0.2, 0.25) is 0 Å². The second-order valence-electron chi connectivity index (χ2n) is 4.57. The molecule has 1 heterocycles. The SMILES string of the molecule is O=Cc1cn(Cc2ccccc2)c2c(Cl)c(Cl)ccc12. The Bertz CT molecular complexity index is 778. The first-order valence-electron chi connectivity index (χ1n) is 6.16. The molecule has 0 amide bonds. The van der Waals surface area contributed by atoms with Crippen LogP contribution in [-0.2, 0) is 6.54 Å². The molecule has 0 aliphatic heterocycles. The molecule has 3 aromatic rings. The lowest BCUT2D eigenvalue weighted by molar-refractivity contribution is 0.112. The van der Waals surface area contributed by atoms with Crippen molar-refractivity contribution in [2.45, 2.75) is 6.54 Å². The number of carbonyl (C=O) groups excluding carboxylic acids is 1. The van der Waals surface area contributed by atoms with Gasteiger partial charge in [-0.3, -0.25) is 4.79 Å². The van der Waals surface area contributed by atoms with Gasteiger partial charge in [-0.25, -0.2) is 0 Å². The largest absolute Gasteiger partial charge is 0.341 e. The molecule has 20 heavy (non-hydrogen) atoms. The fourth-order valence-corrected chi connectivity index (χ4v) is 2.78. The van der Waals surface area contributed by atoms with Crippen molar-refractivity contribution >= 4 is 40.4 Å². The average molecular weight is 304 g/mol. The first kappa shape index (κ1) is 13.2. The van der Waals surface area contributed by atoms with Crippen molar-refractivity contribution in [2.75, 3.05) is 0 Å². The molecule has 0 spiro atoms. The van der Waals surface area contributed by atoms with Gasteiger partial charge in [0.1, 0.15) is 0 Å². The quantitative estimate of drug-likeness (QED) is 0.636. The zero-order chi connectivity index (χ0) is 14.1. The van der Waals surface area contributed by atoms with Crippen LogP contribution in [0.4, 0.5) is 0 Å². The molecule has 0 radical (unpaired) electrons. The molecular formula is C16H11Cl2NO. The Kier molecular flexibility index (Phi) is 3.51. The molecular weight excluding hydrogens is 293 g/mol. The van der Waals surface area contributed by atoms with Crippen LogP contribution < -0.4 is 0 Å². The van der Waals surface area contributed by atoms with Gasteiger partial charge < -0.3 is 4.57 Å². The normalized spacial score (nSPS) is 10.9. The maximum absolute atomic E-state index is 11.2. The number of aromatic nitrogens is 1. The Balaban J connectivity index is 2.20. The van der Waals surface area contributed by atoms with Crippen LogP contribution in [0.2, 0.25) is 10.0 Å². The fraction of sp³-hybridized carbons (Fsp3) is 0.0625. The number of benzene rings is 2. The first-order valence-corrected chi connectivity index (χ1v) is 6.92. The lowest BCUT2D eigenvalue weighted by Gasteiger charge is -2.07. The van der Waals surface area contributed by atoms with Crippen molar-refractivity contribution in [2.24, 2.45) is 0 Å². The van der Waals surface area contributed by atoms with Gasteiger partial charge in [-0.05, 0) is 11.6 Å². The Hall–Kier alpha value is -1.77. The Morgan fingerprint density at radius 3 is 2.50 bits per heavy atom. The second-order valence-corrected chi connectivity index (χ2v) is 5.36. The van der Waals surface area contributed by atoms with Crippen LogP contribution in [-0.4, -0.2) is 10.9 Å². The summed E-state index contributed by atoms with van der Waals surface area (Å²) in [5, 5.41) is 1.79. The molecule has 0 unspecified atom stereocenters. The smallest absolute Gasteiger partial charge is 0.152 e. The molecule has 0 saturated heterocycles. The number of rotatable bonds is 3. The summed E-state index contributed by atoms with van der Waals surface area (Å²) in [7, 11) is 0. The predicted octanol–water partition coefficient (Wildman–Crippen LogP) is 4.81. The summed E-state index contributed by atoms with van der Waals surface area (Å²) in [6.45, 7) is 0.644. The van der Waals surface area contributed by atoms with E-state index in [1.54, 1.807) is 6.07 Å². The standard InChI is InChI=1S/C16H11Cl2NO/c17-14-7-6-13-12(10-20)9-19(16(13)15(14)18)8-11-4-2-1-3-5-11/h1-7,9-10H,8H2. The van der Waals surface area contributed by atoms with E-state index in [2.05, 4.69) is 0 Å². The van der Waals surface area contributed by atoms with Crippen molar-refractivity contribution in [1.82, 2.24) is 4.57 Å². The minimum Gasteiger partial charge on any atom is -0.341 e. The van der Waals surface area contributed by atoms with Crippen LogP contribution in [0.5, 0.6) is 0 Å². The number of aldehydes is 1. The third-order valence-corrected chi connectivity index (χ3v) is 4.08. The number of nitrogens with zero attached hydrogens (tertiary/aromatic N) is 1. The van der Waals surface area contributed by atoms with E-state index in [-0.39, 0.29) is 0 Å². The molecule has 0 fully saturated rings. The number of hydrogen-bond acceptors (Lipinski definition) is 1. The molecule has 0 saturated carbocycles. The van der Waals surface area contributed by atoms with E-state index in [9.17, 15) is 4.79 Å². The number of fused-ring (bicyclic) bond motifs is 1. The third kappa shape index (κ3) is 2.21. The summed E-state index contributed by atoms with van der Waals surface area (Å²) < 4.78 is 1.96. The van der Waals surface area contributed by atoms with Gasteiger partial charge in [0.25, 0.3) is 0 Å². The summed E-state index contributed by atoms with van der Waals surface area (Å²) >= 11 is 12.4.